The Morgan fingerprint density at radius 3 is 2.59 bits per heavy atom. The van der Waals surface area contributed by atoms with Crippen LogP contribution in [0, 0.1) is 0 Å². The number of hydrogen-bond acceptors (Lipinski definition) is 8. The number of benzene rings is 1. The van der Waals surface area contributed by atoms with Gasteiger partial charge in [-0.2, -0.15) is 0 Å². The van der Waals surface area contributed by atoms with Gasteiger partial charge in [-0.1, -0.05) is 13.0 Å². The number of methoxy groups -OCH3 is 1. The fourth-order valence-electron chi connectivity index (χ4n) is 3.52. The smallest absolute Gasteiger partial charge is 0.251 e. The van der Waals surface area contributed by atoms with E-state index in [1.54, 1.807) is 26.4 Å². The van der Waals surface area contributed by atoms with Gasteiger partial charge in [0.05, 0.1) is 19.4 Å². The Hall–Kier alpha value is -3.72. The highest BCUT2D eigenvalue weighted by molar-refractivity contribution is 5.94. The van der Waals surface area contributed by atoms with Gasteiger partial charge in [0.15, 0.2) is 0 Å². The molecule has 0 radical (unpaired) electrons. The molecular weight excluding hydrogens is 432 g/mol. The number of hydrogen-bond donors (Lipinski definition) is 4. The molecule has 1 unspecified atom stereocenters. The van der Waals surface area contributed by atoms with Crippen LogP contribution in [0.15, 0.2) is 48.9 Å². The summed E-state index contributed by atoms with van der Waals surface area (Å²) in [4.78, 5) is 25.0. The van der Waals surface area contributed by atoms with Gasteiger partial charge in [-0.25, -0.2) is 15.0 Å². The second-order valence-electron chi connectivity index (χ2n) is 8.10. The first-order valence-electron chi connectivity index (χ1n) is 11.2. The predicted octanol–water partition coefficient (Wildman–Crippen LogP) is 3.31. The van der Waals surface area contributed by atoms with Crippen molar-refractivity contribution in [1.29, 1.82) is 0 Å². The molecule has 0 spiro atoms. The summed E-state index contributed by atoms with van der Waals surface area (Å²) in [6, 6.07) is 11.2. The Morgan fingerprint density at radius 2 is 1.91 bits per heavy atom. The lowest BCUT2D eigenvalue weighted by atomic mass is 9.95. The average Bonchev–Trinajstić information content (AvgIpc) is 2.88. The number of carbonyl (C=O) groups excluding carboxylic acids is 1. The normalized spacial score (nSPS) is 12.5. The second-order valence-corrected chi connectivity index (χ2v) is 8.10. The number of aliphatic hydroxyl groups is 1. The van der Waals surface area contributed by atoms with E-state index in [0.29, 0.717) is 23.7 Å². The Bertz CT molecular complexity index is 1090. The van der Waals surface area contributed by atoms with Crippen molar-refractivity contribution in [1.82, 2.24) is 20.3 Å². The summed E-state index contributed by atoms with van der Waals surface area (Å²) in [5.74, 6) is 2.21. The Kier molecular flexibility index (Phi) is 8.75. The standard InChI is InChI=1S/C25H32N6O3/c1-16(20-7-5-18(25(33)26-3)11-22(20)34-4)9-10-27-24-12-21(29-15-30-24)19-6-8-23(28-13-19)31-17(2)14-32/h5-8,11-13,15-17,32H,9-10,14H2,1-4H3,(H,26,33)(H,28,31)(H,27,29,30)/t16?,17-/m0/s1. The van der Waals surface area contributed by atoms with Gasteiger partial charge in [-0.15, -0.1) is 0 Å². The maximum Gasteiger partial charge on any atom is 0.251 e. The first-order chi connectivity index (χ1) is 16.4. The van der Waals surface area contributed by atoms with E-state index < -0.39 is 0 Å². The maximum atomic E-state index is 11.9. The van der Waals surface area contributed by atoms with Crippen LogP contribution in [0.1, 0.15) is 42.1 Å². The minimum absolute atomic E-state index is 0.0388. The van der Waals surface area contributed by atoms with E-state index in [1.807, 2.05) is 37.3 Å². The molecule has 3 rings (SSSR count). The first-order valence-corrected chi connectivity index (χ1v) is 11.2. The number of nitrogens with one attached hydrogen (secondary N) is 3. The lowest BCUT2D eigenvalue weighted by molar-refractivity contribution is 0.0962. The first kappa shape index (κ1) is 24.9. The molecule has 0 bridgehead atoms. The maximum absolute atomic E-state index is 11.9. The van der Waals surface area contributed by atoms with Crippen molar-refractivity contribution in [2.24, 2.45) is 0 Å². The van der Waals surface area contributed by atoms with Gasteiger partial charge in [0.2, 0.25) is 0 Å². The van der Waals surface area contributed by atoms with E-state index >= 15 is 0 Å². The third kappa shape index (κ3) is 6.41. The number of aromatic nitrogens is 3. The van der Waals surface area contributed by atoms with Crippen molar-refractivity contribution in [2.45, 2.75) is 32.2 Å². The molecule has 0 saturated carbocycles. The quantitative estimate of drug-likeness (QED) is 0.341. The van der Waals surface area contributed by atoms with Crippen LogP contribution < -0.4 is 20.7 Å². The number of carbonyl (C=O) groups is 1. The van der Waals surface area contributed by atoms with Gasteiger partial charge in [0.1, 0.15) is 23.7 Å². The molecule has 0 aliphatic rings. The third-order valence-corrected chi connectivity index (χ3v) is 5.53. The number of anilines is 2. The van der Waals surface area contributed by atoms with Crippen LogP contribution in [-0.4, -0.2) is 59.3 Å². The zero-order chi connectivity index (χ0) is 24.5. The van der Waals surface area contributed by atoms with Crippen molar-refractivity contribution in [2.75, 3.05) is 37.9 Å². The number of amides is 1. The molecule has 0 aliphatic carbocycles. The molecule has 0 fully saturated rings. The summed E-state index contributed by atoms with van der Waals surface area (Å²) in [7, 11) is 3.22. The number of aliphatic hydroxyl groups excluding tert-OH is 1. The summed E-state index contributed by atoms with van der Waals surface area (Å²) < 4.78 is 5.52. The summed E-state index contributed by atoms with van der Waals surface area (Å²) in [6.45, 7) is 4.76. The number of rotatable bonds is 11. The molecule has 180 valence electrons. The summed E-state index contributed by atoms with van der Waals surface area (Å²) in [6.07, 6.45) is 4.12. The van der Waals surface area contributed by atoms with Crippen molar-refractivity contribution in [3.8, 4) is 17.0 Å². The Morgan fingerprint density at radius 1 is 1.09 bits per heavy atom. The Labute approximate surface area is 200 Å². The molecule has 34 heavy (non-hydrogen) atoms. The zero-order valence-electron chi connectivity index (χ0n) is 20.0. The minimum atomic E-state index is -0.139. The van der Waals surface area contributed by atoms with Gasteiger partial charge in [0.25, 0.3) is 5.91 Å². The van der Waals surface area contributed by atoms with E-state index in [4.69, 9.17) is 9.84 Å². The lowest BCUT2D eigenvalue weighted by Gasteiger charge is -2.17. The van der Waals surface area contributed by atoms with Crippen molar-refractivity contribution in [3.05, 3.63) is 60.0 Å². The van der Waals surface area contributed by atoms with E-state index in [-0.39, 0.29) is 24.5 Å². The summed E-state index contributed by atoms with van der Waals surface area (Å²) in [5, 5.41) is 18.3. The van der Waals surface area contributed by atoms with Crippen LogP contribution in [0.25, 0.3) is 11.3 Å². The molecule has 0 aliphatic heterocycles. The van der Waals surface area contributed by atoms with E-state index in [2.05, 4.69) is 37.8 Å². The van der Waals surface area contributed by atoms with Gasteiger partial charge in [-0.05, 0) is 49.1 Å². The van der Waals surface area contributed by atoms with Gasteiger partial charge < -0.3 is 25.8 Å². The number of pyridine rings is 1. The number of nitrogens with zero attached hydrogens (tertiary/aromatic N) is 3. The van der Waals surface area contributed by atoms with Crippen LogP contribution >= 0.6 is 0 Å². The third-order valence-electron chi connectivity index (χ3n) is 5.53. The Balaban J connectivity index is 1.60. The van der Waals surface area contributed by atoms with Crippen LogP contribution in [0.3, 0.4) is 0 Å². The predicted molar refractivity (Wildman–Crippen MR) is 133 cm³/mol. The molecule has 9 nitrogen and oxygen atoms in total. The molecule has 1 aromatic carbocycles. The van der Waals surface area contributed by atoms with Crippen molar-refractivity contribution in [3.63, 3.8) is 0 Å². The highest BCUT2D eigenvalue weighted by atomic mass is 16.5. The molecule has 4 N–H and O–H groups in total. The van der Waals surface area contributed by atoms with Gasteiger partial charge >= 0.3 is 0 Å². The lowest BCUT2D eigenvalue weighted by Crippen LogP contribution is -2.19. The minimum Gasteiger partial charge on any atom is -0.496 e. The topological polar surface area (TPSA) is 121 Å². The highest BCUT2D eigenvalue weighted by Gasteiger charge is 2.14. The highest BCUT2D eigenvalue weighted by Crippen LogP contribution is 2.30. The van der Waals surface area contributed by atoms with Crippen molar-refractivity contribution < 1.29 is 14.6 Å². The molecule has 1 amide bonds. The largest absolute Gasteiger partial charge is 0.496 e. The molecule has 2 heterocycles. The van der Waals surface area contributed by atoms with Gasteiger partial charge in [0, 0.05) is 43.0 Å². The van der Waals surface area contributed by atoms with E-state index in [9.17, 15) is 4.79 Å². The molecule has 2 aromatic heterocycles. The van der Waals surface area contributed by atoms with Crippen molar-refractivity contribution >= 4 is 17.5 Å². The fourth-order valence-corrected chi connectivity index (χ4v) is 3.52. The van der Waals surface area contributed by atoms with Crippen LogP contribution in [-0.2, 0) is 0 Å². The van der Waals surface area contributed by atoms with E-state index in [1.165, 1.54) is 6.33 Å². The molecular formula is C25H32N6O3. The molecule has 2 atom stereocenters. The number of ether oxygens (including phenoxy) is 1. The monoisotopic (exact) mass is 464 g/mol. The van der Waals surface area contributed by atoms with Gasteiger partial charge in [-0.3, -0.25) is 4.79 Å². The summed E-state index contributed by atoms with van der Waals surface area (Å²) in [5.41, 5.74) is 3.27. The second kappa shape index (κ2) is 11.9. The molecule has 3 aromatic rings. The zero-order valence-corrected chi connectivity index (χ0v) is 20.0. The SMILES string of the molecule is CNC(=O)c1ccc(C(C)CCNc2cc(-c3ccc(N[C@@H](C)CO)nc3)ncn2)c(OC)c1. The van der Waals surface area contributed by atoms with E-state index in [0.717, 1.165) is 29.1 Å². The van der Waals surface area contributed by atoms with Crippen LogP contribution in [0.5, 0.6) is 5.75 Å². The average molecular weight is 465 g/mol. The molecule has 0 saturated heterocycles. The fraction of sp³-hybridized carbons (Fsp3) is 0.360. The van der Waals surface area contributed by atoms with Crippen LogP contribution in [0.4, 0.5) is 11.6 Å². The van der Waals surface area contributed by atoms with Crippen LogP contribution in [0.2, 0.25) is 0 Å². The molecule has 9 heteroatoms. The summed E-state index contributed by atoms with van der Waals surface area (Å²) >= 11 is 0.